The highest BCUT2D eigenvalue weighted by atomic mass is 35.5. The van der Waals surface area contributed by atoms with Gasteiger partial charge in [0.15, 0.2) is 0 Å². The van der Waals surface area contributed by atoms with Gasteiger partial charge >= 0.3 is 0 Å². The minimum absolute atomic E-state index is 0.264. The Balaban J connectivity index is 2.24. The molecule has 1 N–H and O–H groups in total. The molecule has 2 rings (SSSR count). The van der Waals surface area contributed by atoms with Crippen LogP contribution in [0.25, 0.3) is 0 Å². The van der Waals surface area contributed by atoms with Gasteiger partial charge in [0, 0.05) is 17.6 Å². The van der Waals surface area contributed by atoms with Crippen molar-refractivity contribution in [3.8, 4) is 5.88 Å². The SMILES string of the molecule is CNc1ncnc(OCc2ccccc2Cl)c1C(C)C. The molecule has 0 saturated carbocycles. The van der Waals surface area contributed by atoms with E-state index in [4.69, 9.17) is 16.3 Å². The maximum atomic E-state index is 6.13. The van der Waals surface area contributed by atoms with Crippen molar-refractivity contribution in [2.45, 2.75) is 26.4 Å². The Bertz CT molecular complexity index is 587. The van der Waals surface area contributed by atoms with E-state index in [1.807, 2.05) is 31.3 Å². The fraction of sp³-hybridized carbons (Fsp3) is 0.333. The van der Waals surface area contributed by atoms with Gasteiger partial charge in [0.25, 0.3) is 0 Å². The standard InChI is InChI=1S/C15H18ClN3O/c1-10(2)13-14(17-3)18-9-19-15(13)20-8-11-6-4-5-7-12(11)16/h4-7,9-10H,8H2,1-3H3,(H,17,18,19). The van der Waals surface area contributed by atoms with Crippen molar-refractivity contribution >= 4 is 17.4 Å². The van der Waals surface area contributed by atoms with Gasteiger partial charge in [-0.05, 0) is 12.0 Å². The van der Waals surface area contributed by atoms with Gasteiger partial charge in [-0.3, -0.25) is 0 Å². The van der Waals surface area contributed by atoms with Gasteiger partial charge in [0.1, 0.15) is 18.8 Å². The van der Waals surface area contributed by atoms with E-state index < -0.39 is 0 Å². The number of halogens is 1. The molecule has 4 nitrogen and oxygen atoms in total. The van der Waals surface area contributed by atoms with Gasteiger partial charge in [0.05, 0.1) is 5.56 Å². The lowest BCUT2D eigenvalue weighted by Crippen LogP contribution is -2.07. The van der Waals surface area contributed by atoms with E-state index in [1.165, 1.54) is 6.33 Å². The summed E-state index contributed by atoms with van der Waals surface area (Å²) < 4.78 is 5.83. The van der Waals surface area contributed by atoms with E-state index >= 15 is 0 Å². The number of aromatic nitrogens is 2. The first-order chi connectivity index (χ1) is 9.63. The minimum atomic E-state index is 0.264. The van der Waals surface area contributed by atoms with Crippen molar-refractivity contribution in [2.24, 2.45) is 0 Å². The molecule has 0 saturated heterocycles. The average molecular weight is 292 g/mol. The number of nitrogens with zero attached hydrogens (tertiary/aromatic N) is 2. The molecule has 20 heavy (non-hydrogen) atoms. The van der Waals surface area contributed by atoms with Crippen LogP contribution in [0.3, 0.4) is 0 Å². The first kappa shape index (κ1) is 14.6. The molecule has 0 radical (unpaired) electrons. The Hall–Kier alpha value is -1.81. The second kappa shape index (κ2) is 6.57. The summed E-state index contributed by atoms with van der Waals surface area (Å²) in [4.78, 5) is 8.46. The molecule has 1 aromatic heterocycles. The third kappa shape index (κ3) is 3.20. The van der Waals surface area contributed by atoms with Crippen LogP contribution in [0.15, 0.2) is 30.6 Å². The van der Waals surface area contributed by atoms with E-state index in [9.17, 15) is 0 Å². The van der Waals surface area contributed by atoms with E-state index in [0.29, 0.717) is 17.5 Å². The molecule has 0 fully saturated rings. The van der Waals surface area contributed by atoms with Crippen molar-refractivity contribution in [3.63, 3.8) is 0 Å². The van der Waals surface area contributed by atoms with Crippen LogP contribution in [0.4, 0.5) is 5.82 Å². The van der Waals surface area contributed by atoms with Crippen LogP contribution in [0.1, 0.15) is 30.9 Å². The van der Waals surface area contributed by atoms with E-state index in [2.05, 4.69) is 29.1 Å². The number of rotatable bonds is 5. The molecule has 0 aliphatic rings. The molecular weight excluding hydrogens is 274 g/mol. The maximum Gasteiger partial charge on any atom is 0.222 e. The Kier molecular flexibility index (Phi) is 4.79. The summed E-state index contributed by atoms with van der Waals surface area (Å²) in [6.07, 6.45) is 1.50. The summed E-state index contributed by atoms with van der Waals surface area (Å²) in [5.74, 6) is 1.66. The van der Waals surface area contributed by atoms with Crippen LogP contribution < -0.4 is 10.1 Å². The highest BCUT2D eigenvalue weighted by Crippen LogP contribution is 2.30. The first-order valence-electron chi connectivity index (χ1n) is 6.52. The minimum Gasteiger partial charge on any atom is -0.472 e. The number of ether oxygens (including phenoxy) is 1. The summed E-state index contributed by atoms with van der Waals surface area (Å²) in [5, 5.41) is 3.77. The lowest BCUT2D eigenvalue weighted by atomic mass is 10.1. The lowest BCUT2D eigenvalue weighted by Gasteiger charge is -2.16. The number of hydrogen-bond donors (Lipinski definition) is 1. The van der Waals surface area contributed by atoms with Gasteiger partial charge in [-0.15, -0.1) is 0 Å². The molecule has 0 bridgehead atoms. The fourth-order valence-electron chi connectivity index (χ4n) is 1.98. The lowest BCUT2D eigenvalue weighted by molar-refractivity contribution is 0.289. The van der Waals surface area contributed by atoms with Crippen LogP contribution in [0.5, 0.6) is 5.88 Å². The monoisotopic (exact) mass is 291 g/mol. The molecule has 0 atom stereocenters. The third-order valence-corrected chi connectivity index (χ3v) is 3.35. The molecular formula is C15H18ClN3O. The molecule has 0 aliphatic heterocycles. The van der Waals surface area contributed by atoms with E-state index in [0.717, 1.165) is 16.9 Å². The molecule has 0 amide bonds. The zero-order valence-electron chi connectivity index (χ0n) is 11.9. The predicted molar refractivity (Wildman–Crippen MR) is 81.5 cm³/mol. The summed E-state index contributed by atoms with van der Waals surface area (Å²) in [7, 11) is 1.84. The number of anilines is 1. The van der Waals surface area contributed by atoms with Crippen molar-refractivity contribution in [3.05, 3.63) is 46.7 Å². The number of benzene rings is 1. The van der Waals surface area contributed by atoms with Crippen LogP contribution in [0.2, 0.25) is 5.02 Å². The van der Waals surface area contributed by atoms with Crippen molar-refractivity contribution in [2.75, 3.05) is 12.4 Å². The van der Waals surface area contributed by atoms with Gasteiger partial charge in [-0.25, -0.2) is 9.97 Å². The Morgan fingerprint density at radius 1 is 1.25 bits per heavy atom. The largest absolute Gasteiger partial charge is 0.472 e. The molecule has 1 aromatic carbocycles. The second-order valence-corrected chi connectivity index (χ2v) is 5.13. The van der Waals surface area contributed by atoms with Crippen molar-refractivity contribution in [1.29, 1.82) is 0 Å². The number of nitrogens with one attached hydrogen (secondary N) is 1. The molecule has 1 heterocycles. The van der Waals surface area contributed by atoms with Crippen LogP contribution >= 0.6 is 11.6 Å². The highest BCUT2D eigenvalue weighted by Gasteiger charge is 2.15. The van der Waals surface area contributed by atoms with E-state index in [1.54, 1.807) is 0 Å². The van der Waals surface area contributed by atoms with Crippen molar-refractivity contribution < 1.29 is 4.74 Å². The van der Waals surface area contributed by atoms with Gasteiger partial charge in [-0.2, -0.15) is 0 Å². The van der Waals surface area contributed by atoms with Gasteiger partial charge in [-0.1, -0.05) is 43.6 Å². The quantitative estimate of drug-likeness (QED) is 0.908. The van der Waals surface area contributed by atoms with Crippen LogP contribution in [-0.2, 0) is 6.61 Å². The topological polar surface area (TPSA) is 47.0 Å². The van der Waals surface area contributed by atoms with Gasteiger partial charge < -0.3 is 10.1 Å². The molecule has 0 unspecified atom stereocenters. The zero-order chi connectivity index (χ0) is 14.5. The third-order valence-electron chi connectivity index (χ3n) is 2.98. The summed E-state index contributed by atoms with van der Waals surface area (Å²) in [5.41, 5.74) is 1.91. The molecule has 2 aromatic rings. The predicted octanol–water partition coefficient (Wildman–Crippen LogP) is 3.87. The summed E-state index contributed by atoms with van der Waals surface area (Å²) in [6.45, 7) is 4.56. The van der Waals surface area contributed by atoms with E-state index in [-0.39, 0.29) is 5.92 Å². The Morgan fingerprint density at radius 2 is 2.00 bits per heavy atom. The maximum absolute atomic E-state index is 6.13. The van der Waals surface area contributed by atoms with Gasteiger partial charge in [0.2, 0.25) is 5.88 Å². The zero-order valence-corrected chi connectivity index (χ0v) is 12.6. The Labute approximate surface area is 124 Å². The molecule has 0 spiro atoms. The first-order valence-corrected chi connectivity index (χ1v) is 6.90. The summed E-state index contributed by atoms with van der Waals surface area (Å²) >= 11 is 6.13. The van der Waals surface area contributed by atoms with Crippen molar-refractivity contribution in [1.82, 2.24) is 9.97 Å². The van der Waals surface area contributed by atoms with Crippen LogP contribution in [-0.4, -0.2) is 17.0 Å². The highest BCUT2D eigenvalue weighted by molar-refractivity contribution is 6.31. The van der Waals surface area contributed by atoms with Crippen LogP contribution in [0, 0.1) is 0 Å². The molecule has 0 aliphatic carbocycles. The Morgan fingerprint density at radius 3 is 2.65 bits per heavy atom. The normalized spacial score (nSPS) is 10.7. The average Bonchev–Trinajstić information content (AvgIpc) is 2.45. The molecule has 106 valence electrons. The smallest absolute Gasteiger partial charge is 0.222 e. The molecule has 5 heteroatoms. The summed E-state index contributed by atoms with van der Waals surface area (Å²) in [6, 6.07) is 7.63. The number of hydrogen-bond acceptors (Lipinski definition) is 4. The fourth-order valence-corrected chi connectivity index (χ4v) is 2.17. The second-order valence-electron chi connectivity index (χ2n) is 4.73.